The number of aldehydes is 1. The molecule has 1 fully saturated rings. The Morgan fingerprint density at radius 3 is 2.56 bits per heavy atom. The van der Waals surface area contributed by atoms with Crippen molar-refractivity contribution in [2.45, 2.75) is 12.8 Å². The van der Waals surface area contributed by atoms with Gasteiger partial charge in [0.05, 0.1) is 0 Å². The summed E-state index contributed by atoms with van der Waals surface area (Å²) in [6, 6.07) is 16.1. The van der Waals surface area contributed by atoms with Gasteiger partial charge in [0.15, 0.2) is 6.29 Å². The van der Waals surface area contributed by atoms with Gasteiger partial charge in [-0.3, -0.25) is 9.69 Å². The molecule has 3 aromatic rings. The van der Waals surface area contributed by atoms with Gasteiger partial charge in [-0.15, -0.1) is 11.3 Å². The maximum atomic E-state index is 11.6. The zero-order valence-electron chi connectivity index (χ0n) is 14.1. The van der Waals surface area contributed by atoms with Gasteiger partial charge in [0.1, 0.15) is 12.4 Å². The van der Waals surface area contributed by atoms with Crippen LogP contribution >= 0.6 is 11.3 Å². The molecule has 1 aromatic heterocycles. The number of hydrogen-bond acceptors (Lipinski definition) is 4. The molecule has 0 aliphatic carbocycles. The Bertz CT molecular complexity index is 863. The summed E-state index contributed by atoms with van der Waals surface area (Å²) < 4.78 is 7.01. The molecule has 0 N–H and O–H groups in total. The molecule has 1 aliphatic rings. The summed E-state index contributed by atoms with van der Waals surface area (Å²) >= 11 is 1.66. The number of likely N-dealkylation sites (tertiary alicyclic amines) is 1. The second-order valence-electron chi connectivity index (χ2n) is 6.38. The minimum absolute atomic E-state index is 0.724. The molecule has 1 saturated heterocycles. The van der Waals surface area contributed by atoms with Crippen molar-refractivity contribution in [3.63, 3.8) is 0 Å². The summed E-state index contributed by atoms with van der Waals surface area (Å²) in [5, 5.41) is 1.03. The van der Waals surface area contributed by atoms with E-state index in [0.717, 1.165) is 51.3 Å². The quantitative estimate of drug-likeness (QED) is 0.594. The lowest BCUT2D eigenvalue weighted by atomic mass is 10.1. The molecule has 1 aliphatic heterocycles. The van der Waals surface area contributed by atoms with E-state index in [-0.39, 0.29) is 0 Å². The minimum atomic E-state index is 0.724. The first-order valence-corrected chi connectivity index (χ1v) is 9.59. The third-order valence-electron chi connectivity index (χ3n) is 4.74. The van der Waals surface area contributed by atoms with Crippen molar-refractivity contribution in [2.75, 3.05) is 26.2 Å². The highest BCUT2D eigenvalue weighted by molar-refractivity contribution is 7.22. The average Bonchev–Trinajstić information content (AvgIpc) is 3.29. The topological polar surface area (TPSA) is 29.5 Å². The molecule has 2 heterocycles. The molecule has 0 spiro atoms. The molecular formula is C21H21NO2S. The van der Waals surface area contributed by atoms with Gasteiger partial charge in [-0.1, -0.05) is 18.2 Å². The van der Waals surface area contributed by atoms with E-state index in [1.165, 1.54) is 25.9 Å². The maximum Gasteiger partial charge on any atom is 0.152 e. The van der Waals surface area contributed by atoms with Gasteiger partial charge in [0.25, 0.3) is 0 Å². The molecule has 2 aromatic carbocycles. The third kappa shape index (κ3) is 3.46. The van der Waals surface area contributed by atoms with Crippen molar-refractivity contribution in [3.05, 3.63) is 54.1 Å². The van der Waals surface area contributed by atoms with Gasteiger partial charge >= 0.3 is 0 Å². The van der Waals surface area contributed by atoms with E-state index in [0.29, 0.717) is 0 Å². The van der Waals surface area contributed by atoms with Crippen molar-refractivity contribution in [1.29, 1.82) is 0 Å². The van der Waals surface area contributed by atoms with Crippen LogP contribution in [-0.4, -0.2) is 37.4 Å². The highest BCUT2D eigenvalue weighted by Gasteiger charge is 2.13. The Kier molecular flexibility index (Phi) is 4.81. The van der Waals surface area contributed by atoms with Crippen LogP contribution in [0.2, 0.25) is 0 Å². The second-order valence-corrected chi connectivity index (χ2v) is 7.43. The summed E-state index contributed by atoms with van der Waals surface area (Å²) in [5.41, 5.74) is 1.85. The second kappa shape index (κ2) is 7.38. The standard InChI is InChI=1S/C21H21NO2S/c23-15-19-18-5-1-2-6-20(18)25-21(19)16-7-9-17(10-8-16)24-14-13-22-11-3-4-12-22/h1-2,5-10,15H,3-4,11-14H2. The Labute approximate surface area is 151 Å². The summed E-state index contributed by atoms with van der Waals surface area (Å²) in [5.74, 6) is 0.886. The fourth-order valence-electron chi connectivity index (χ4n) is 3.40. The molecule has 0 unspecified atom stereocenters. The molecule has 0 saturated carbocycles. The van der Waals surface area contributed by atoms with Crippen LogP contribution in [0.25, 0.3) is 20.5 Å². The number of rotatable bonds is 6. The van der Waals surface area contributed by atoms with Gasteiger partial charge in [0.2, 0.25) is 0 Å². The van der Waals surface area contributed by atoms with Crippen LogP contribution in [0.5, 0.6) is 5.75 Å². The highest BCUT2D eigenvalue weighted by Crippen LogP contribution is 2.38. The monoisotopic (exact) mass is 351 g/mol. The zero-order chi connectivity index (χ0) is 17.1. The first kappa shape index (κ1) is 16.3. The fraction of sp³-hybridized carbons (Fsp3) is 0.286. The minimum Gasteiger partial charge on any atom is -0.492 e. The molecular weight excluding hydrogens is 330 g/mol. The summed E-state index contributed by atoms with van der Waals surface area (Å²) in [4.78, 5) is 15.1. The molecule has 0 bridgehead atoms. The zero-order valence-corrected chi connectivity index (χ0v) is 14.9. The molecule has 128 valence electrons. The summed E-state index contributed by atoms with van der Waals surface area (Å²) in [6.45, 7) is 4.11. The number of hydrogen-bond donors (Lipinski definition) is 0. The van der Waals surface area contributed by atoms with E-state index in [9.17, 15) is 4.79 Å². The summed E-state index contributed by atoms with van der Waals surface area (Å²) in [6.07, 6.45) is 3.58. The lowest BCUT2D eigenvalue weighted by Gasteiger charge is -2.15. The van der Waals surface area contributed by atoms with Crippen LogP contribution in [-0.2, 0) is 0 Å². The third-order valence-corrected chi connectivity index (χ3v) is 5.98. The average molecular weight is 351 g/mol. The number of thiophene rings is 1. The van der Waals surface area contributed by atoms with E-state index in [1.54, 1.807) is 11.3 Å². The van der Waals surface area contributed by atoms with Gasteiger partial charge in [0, 0.05) is 27.1 Å². The first-order valence-electron chi connectivity index (χ1n) is 8.77. The van der Waals surface area contributed by atoms with Crippen molar-refractivity contribution >= 4 is 27.7 Å². The Morgan fingerprint density at radius 2 is 1.80 bits per heavy atom. The largest absolute Gasteiger partial charge is 0.492 e. The van der Waals surface area contributed by atoms with E-state index in [4.69, 9.17) is 4.74 Å². The molecule has 0 amide bonds. The molecule has 4 rings (SSSR count). The van der Waals surface area contributed by atoms with E-state index >= 15 is 0 Å². The smallest absolute Gasteiger partial charge is 0.152 e. The van der Waals surface area contributed by atoms with Gasteiger partial charge in [-0.2, -0.15) is 0 Å². The lowest BCUT2D eigenvalue weighted by molar-refractivity contribution is 0.112. The van der Waals surface area contributed by atoms with Crippen LogP contribution in [0.1, 0.15) is 23.2 Å². The Balaban J connectivity index is 1.49. The predicted molar refractivity (Wildman–Crippen MR) is 104 cm³/mol. The molecule has 25 heavy (non-hydrogen) atoms. The number of benzene rings is 2. The normalized spacial score (nSPS) is 14.9. The van der Waals surface area contributed by atoms with Crippen molar-refractivity contribution in [2.24, 2.45) is 0 Å². The van der Waals surface area contributed by atoms with Gasteiger partial charge < -0.3 is 4.74 Å². The number of carbonyl (C=O) groups is 1. The van der Waals surface area contributed by atoms with Crippen LogP contribution < -0.4 is 4.74 Å². The van der Waals surface area contributed by atoms with Gasteiger partial charge in [-0.25, -0.2) is 0 Å². The highest BCUT2D eigenvalue weighted by atomic mass is 32.1. The number of ether oxygens (including phenoxy) is 1. The van der Waals surface area contributed by atoms with Gasteiger partial charge in [-0.05, 0) is 61.8 Å². The predicted octanol–water partition coefficient (Wildman–Crippen LogP) is 4.86. The molecule has 3 nitrogen and oxygen atoms in total. The molecule has 0 atom stereocenters. The Hall–Kier alpha value is -2.17. The lowest BCUT2D eigenvalue weighted by Crippen LogP contribution is -2.25. The molecule has 0 radical (unpaired) electrons. The SMILES string of the molecule is O=Cc1c(-c2ccc(OCCN3CCCC3)cc2)sc2ccccc12. The van der Waals surface area contributed by atoms with Crippen LogP contribution in [0.15, 0.2) is 48.5 Å². The van der Waals surface area contributed by atoms with Crippen molar-refractivity contribution in [1.82, 2.24) is 4.90 Å². The van der Waals surface area contributed by atoms with E-state index in [1.807, 2.05) is 42.5 Å². The maximum absolute atomic E-state index is 11.6. The van der Waals surface area contributed by atoms with Crippen LogP contribution in [0.4, 0.5) is 0 Å². The van der Waals surface area contributed by atoms with Crippen molar-refractivity contribution < 1.29 is 9.53 Å². The summed E-state index contributed by atoms with van der Waals surface area (Å²) in [7, 11) is 0. The first-order chi connectivity index (χ1) is 12.3. The number of nitrogens with zero attached hydrogens (tertiary/aromatic N) is 1. The van der Waals surface area contributed by atoms with E-state index in [2.05, 4.69) is 11.0 Å². The molecule has 4 heteroatoms. The number of fused-ring (bicyclic) bond motifs is 1. The Morgan fingerprint density at radius 1 is 1.04 bits per heavy atom. The van der Waals surface area contributed by atoms with Crippen molar-refractivity contribution in [3.8, 4) is 16.2 Å². The fourth-order valence-corrected chi connectivity index (χ4v) is 4.57. The van der Waals surface area contributed by atoms with Crippen LogP contribution in [0, 0.1) is 0 Å². The number of carbonyl (C=O) groups excluding carboxylic acids is 1. The van der Waals surface area contributed by atoms with E-state index < -0.39 is 0 Å². The van der Waals surface area contributed by atoms with Crippen LogP contribution in [0.3, 0.4) is 0 Å².